The van der Waals surface area contributed by atoms with Crippen molar-refractivity contribution < 1.29 is 24.3 Å². The average molecular weight is 517 g/mol. The first kappa shape index (κ1) is 25.5. The summed E-state index contributed by atoms with van der Waals surface area (Å²) in [6.07, 6.45) is -0.720. The number of carboxylic acid groups (broad SMARTS) is 1. The van der Waals surface area contributed by atoms with E-state index >= 15 is 0 Å². The van der Waals surface area contributed by atoms with E-state index in [9.17, 15) is 14.7 Å². The lowest BCUT2D eigenvalue weighted by atomic mass is 9.78. The van der Waals surface area contributed by atoms with Crippen molar-refractivity contribution in [2.75, 3.05) is 11.9 Å². The first-order valence-electron chi connectivity index (χ1n) is 11.4. The van der Waals surface area contributed by atoms with Crippen LogP contribution in [0.1, 0.15) is 35.0 Å². The number of aliphatic carboxylic acids is 1. The van der Waals surface area contributed by atoms with E-state index < -0.39 is 23.4 Å². The molecule has 0 radical (unpaired) electrons. The molecular weight excluding hydrogens is 492 g/mol. The number of benzene rings is 3. The Labute approximate surface area is 217 Å². The van der Waals surface area contributed by atoms with E-state index in [0.29, 0.717) is 0 Å². The first-order valence-corrected chi connectivity index (χ1v) is 12.2. The highest BCUT2D eigenvalue weighted by atomic mass is 32.1. The van der Waals surface area contributed by atoms with Gasteiger partial charge in [0.2, 0.25) is 22.3 Å². The largest absolute Gasteiger partial charge is 0.476 e. The van der Waals surface area contributed by atoms with Crippen molar-refractivity contribution in [3.05, 3.63) is 113 Å². The van der Waals surface area contributed by atoms with Crippen LogP contribution < -0.4 is 5.32 Å². The van der Waals surface area contributed by atoms with E-state index in [1.54, 1.807) is 6.92 Å². The van der Waals surface area contributed by atoms with Crippen molar-refractivity contribution in [3.63, 3.8) is 0 Å². The van der Waals surface area contributed by atoms with Gasteiger partial charge in [0, 0.05) is 28.2 Å². The van der Waals surface area contributed by atoms with E-state index in [1.807, 2.05) is 91.9 Å². The summed E-state index contributed by atoms with van der Waals surface area (Å²) < 4.78 is 8.89. The first-order chi connectivity index (χ1) is 18.0. The summed E-state index contributed by atoms with van der Waals surface area (Å²) in [5.74, 6) is -1.59. The molecule has 0 bridgehead atoms. The number of carboxylic acids is 1. The Hall–Kier alpha value is -4.57. The van der Waals surface area contributed by atoms with Gasteiger partial charge in [-0.3, -0.25) is 5.32 Å². The van der Waals surface area contributed by atoms with Crippen molar-refractivity contribution in [1.82, 2.24) is 9.36 Å². The van der Waals surface area contributed by atoms with E-state index in [1.165, 1.54) is 0 Å². The Balaban J connectivity index is 1.85. The molecule has 2 N–H and O–H groups in total. The zero-order valence-electron chi connectivity index (χ0n) is 20.1. The van der Waals surface area contributed by atoms with Crippen LogP contribution in [-0.4, -0.2) is 38.8 Å². The third kappa shape index (κ3) is 5.49. The summed E-state index contributed by atoms with van der Waals surface area (Å²) >= 11 is 0.802. The number of rotatable bonds is 9. The van der Waals surface area contributed by atoms with Gasteiger partial charge >= 0.3 is 12.1 Å². The highest BCUT2D eigenvalue weighted by Gasteiger charge is 2.41. The fourth-order valence-corrected chi connectivity index (χ4v) is 4.42. The Morgan fingerprint density at radius 1 is 0.973 bits per heavy atom. The zero-order valence-corrected chi connectivity index (χ0v) is 20.9. The van der Waals surface area contributed by atoms with Gasteiger partial charge in [0.25, 0.3) is 0 Å². The van der Waals surface area contributed by atoms with Crippen LogP contribution in [0.2, 0.25) is 0 Å². The summed E-state index contributed by atoms with van der Waals surface area (Å²) in [7, 11) is 0. The highest BCUT2D eigenvalue weighted by Crippen LogP contribution is 2.42. The number of oxime groups is 1. The van der Waals surface area contributed by atoms with Gasteiger partial charge in [-0.05, 0) is 19.4 Å². The number of aryl methyl sites for hydroxylation is 1. The summed E-state index contributed by atoms with van der Waals surface area (Å²) in [6, 6.07) is 26.6. The number of carbonyl (C=O) groups is 2. The maximum absolute atomic E-state index is 12.2. The van der Waals surface area contributed by atoms with Gasteiger partial charge in [0.15, 0.2) is 0 Å². The van der Waals surface area contributed by atoms with Gasteiger partial charge in [-0.15, -0.1) is 0 Å². The van der Waals surface area contributed by atoms with Crippen molar-refractivity contribution in [3.8, 4) is 0 Å². The molecule has 37 heavy (non-hydrogen) atoms. The Morgan fingerprint density at radius 2 is 1.57 bits per heavy atom. The second kappa shape index (κ2) is 11.4. The summed E-state index contributed by atoms with van der Waals surface area (Å²) in [6.45, 7) is 3.79. The van der Waals surface area contributed by atoms with E-state index in [4.69, 9.17) is 9.57 Å². The molecule has 1 heterocycles. The number of nitrogens with one attached hydrogen (secondary N) is 1. The van der Waals surface area contributed by atoms with Crippen molar-refractivity contribution >= 4 is 34.4 Å². The van der Waals surface area contributed by atoms with Gasteiger partial charge in [0.1, 0.15) is 0 Å². The predicted molar refractivity (Wildman–Crippen MR) is 140 cm³/mol. The summed E-state index contributed by atoms with van der Waals surface area (Å²) in [4.78, 5) is 34.3. The van der Waals surface area contributed by atoms with E-state index in [-0.39, 0.29) is 17.6 Å². The zero-order chi connectivity index (χ0) is 26.3. The standard InChI is InChI=1S/C27H24N4O5S/c1-3-35-26(34)29-25-28-23(31-37-25)22(24(32)33)30-36-27(19-13-6-4-7-14-19,20-15-8-5-9-16-20)21-17-11-10-12-18(21)2/h4-17H,3H2,1-2H3,(H,32,33)(H,28,29,31,34). The number of carbonyl (C=O) groups excluding carboxylic acids is 1. The quantitative estimate of drug-likeness (QED) is 0.178. The van der Waals surface area contributed by atoms with Crippen LogP contribution in [0.5, 0.6) is 0 Å². The molecule has 4 rings (SSSR count). The lowest BCUT2D eigenvalue weighted by molar-refractivity contribution is -0.129. The van der Waals surface area contributed by atoms with Crippen molar-refractivity contribution in [1.29, 1.82) is 0 Å². The molecule has 10 heteroatoms. The number of aromatic nitrogens is 2. The second-order valence-electron chi connectivity index (χ2n) is 7.83. The molecule has 0 fully saturated rings. The third-order valence-electron chi connectivity index (χ3n) is 5.48. The number of hydrogen-bond acceptors (Lipinski definition) is 8. The fraction of sp³-hybridized carbons (Fsp3) is 0.148. The third-order valence-corrected chi connectivity index (χ3v) is 6.11. The molecule has 188 valence electrons. The minimum Gasteiger partial charge on any atom is -0.476 e. The maximum atomic E-state index is 12.2. The molecule has 0 aliphatic rings. The van der Waals surface area contributed by atoms with Crippen LogP contribution >= 0.6 is 11.5 Å². The minimum absolute atomic E-state index is 0.0682. The van der Waals surface area contributed by atoms with Gasteiger partial charge < -0.3 is 14.7 Å². The molecule has 3 aromatic carbocycles. The SMILES string of the molecule is CCOC(=O)Nc1nc(C(=NOC(c2ccccc2)(c2ccccc2)c2ccccc2C)C(=O)O)ns1. The van der Waals surface area contributed by atoms with E-state index in [0.717, 1.165) is 33.8 Å². The lowest BCUT2D eigenvalue weighted by Crippen LogP contribution is -2.33. The Kier molecular flexibility index (Phi) is 7.89. The van der Waals surface area contributed by atoms with E-state index in [2.05, 4.69) is 19.8 Å². The van der Waals surface area contributed by atoms with Crippen LogP contribution in [0.3, 0.4) is 0 Å². The molecule has 0 saturated carbocycles. The predicted octanol–water partition coefficient (Wildman–Crippen LogP) is 5.21. The highest BCUT2D eigenvalue weighted by molar-refractivity contribution is 7.10. The molecule has 0 unspecified atom stereocenters. The Bertz CT molecular complexity index is 1370. The average Bonchev–Trinajstić information content (AvgIpc) is 3.36. The smallest absolute Gasteiger partial charge is 0.413 e. The monoisotopic (exact) mass is 516 g/mol. The van der Waals surface area contributed by atoms with Gasteiger partial charge in [-0.1, -0.05) is 90.1 Å². The number of anilines is 1. The number of hydrogen-bond donors (Lipinski definition) is 2. The lowest BCUT2D eigenvalue weighted by Gasteiger charge is -2.34. The van der Waals surface area contributed by atoms with Gasteiger partial charge in [0.05, 0.1) is 6.61 Å². The van der Waals surface area contributed by atoms with Crippen LogP contribution in [0.25, 0.3) is 0 Å². The van der Waals surface area contributed by atoms with Crippen LogP contribution in [-0.2, 0) is 20.0 Å². The molecule has 1 amide bonds. The summed E-state index contributed by atoms with van der Waals surface area (Å²) in [5, 5.41) is 16.6. The molecule has 0 aliphatic heterocycles. The Morgan fingerprint density at radius 3 is 2.14 bits per heavy atom. The van der Waals surface area contributed by atoms with Crippen LogP contribution in [0, 0.1) is 6.92 Å². The number of amides is 1. The minimum atomic E-state index is -1.39. The second-order valence-corrected chi connectivity index (χ2v) is 8.58. The molecule has 1 aromatic heterocycles. The summed E-state index contributed by atoms with van der Waals surface area (Å²) in [5.41, 5.74) is 1.42. The van der Waals surface area contributed by atoms with Crippen molar-refractivity contribution in [2.24, 2.45) is 5.16 Å². The molecule has 4 aromatic rings. The molecule has 9 nitrogen and oxygen atoms in total. The van der Waals surface area contributed by atoms with Crippen LogP contribution in [0.15, 0.2) is 90.1 Å². The van der Waals surface area contributed by atoms with Crippen molar-refractivity contribution in [2.45, 2.75) is 19.4 Å². The van der Waals surface area contributed by atoms with Gasteiger partial charge in [-0.25, -0.2) is 9.59 Å². The molecule has 0 spiro atoms. The molecule has 0 saturated heterocycles. The number of nitrogens with zero attached hydrogens (tertiary/aromatic N) is 3. The topological polar surface area (TPSA) is 123 Å². The molecule has 0 atom stereocenters. The fourth-order valence-electron chi connectivity index (χ4n) is 3.86. The number of ether oxygens (including phenoxy) is 1. The normalized spacial score (nSPS) is 11.6. The molecule has 0 aliphatic carbocycles. The molecular formula is C27H24N4O5S. The maximum Gasteiger partial charge on any atom is 0.413 e. The van der Waals surface area contributed by atoms with Gasteiger partial charge in [-0.2, -0.15) is 9.36 Å². The van der Waals surface area contributed by atoms with Crippen LogP contribution in [0.4, 0.5) is 9.93 Å².